The van der Waals surface area contributed by atoms with Crippen molar-refractivity contribution in [3.63, 3.8) is 0 Å². The van der Waals surface area contributed by atoms with Gasteiger partial charge in [0.05, 0.1) is 5.41 Å². The highest BCUT2D eigenvalue weighted by Crippen LogP contribution is 2.41. The number of carbonyl (C=O) groups excluding carboxylic acids is 1. The average Bonchev–Trinajstić information content (AvgIpc) is 3.30. The first-order valence-electron chi connectivity index (χ1n) is 8.93. The van der Waals surface area contributed by atoms with Crippen LogP contribution in [-0.2, 0) is 29.8 Å². The van der Waals surface area contributed by atoms with Gasteiger partial charge in [-0.1, -0.05) is 61.4 Å². The Bertz CT molecular complexity index is 733. The van der Waals surface area contributed by atoms with Gasteiger partial charge in [0.1, 0.15) is 0 Å². The third-order valence-electron chi connectivity index (χ3n) is 5.57. The molecule has 1 aliphatic heterocycles. The molecule has 4 rings (SSSR count). The van der Waals surface area contributed by atoms with Crippen LogP contribution in [0.25, 0.3) is 0 Å². The van der Waals surface area contributed by atoms with Crippen LogP contribution >= 0.6 is 0 Å². The third kappa shape index (κ3) is 2.73. The molecule has 2 aliphatic rings. The second kappa shape index (κ2) is 6.40. The summed E-state index contributed by atoms with van der Waals surface area (Å²) < 4.78 is 0. The zero-order valence-corrected chi connectivity index (χ0v) is 14.0. The van der Waals surface area contributed by atoms with Gasteiger partial charge in [-0.25, -0.2) is 0 Å². The van der Waals surface area contributed by atoms with Crippen molar-refractivity contribution in [2.24, 2.45) is 0 Å². The summed E-state index contributed by atoms with van der Waals surface area (Å²) in [6.45, 7) is 2.50. The lowest BCUT2D eigenvalue weighted by atomic mass is 9.78. The lowest BCUT2D eigenvalue weighted by Crippen LogP contribution is -2.42. The summed E-state index contributed by atoms with van der Waals surface area (Å²) >= 11 is 0. The molecule has 1 heterocycles. The molecule has 3 heteroatoms. The first-order chi connectivity index (χ1) is 11.8. The largest absolute Gasteiger partial charge is 0.351 e. The number of amides is 1. The number of fused-ring (bicyclic) bond motifs is 1. The monoisotopic (exact) mass is 320 g/mol. The number of hydrogen-bond donors (Lipinski definition) is 2. The maximum absolute atomic E-state index is 13.1. The Balaban J connectivity index is 1.50. The van der Waals surface area contributed by atoms with Gasteiger partial charge in [0.25, 0.3) is 0 Å². The first kappa shape index (κ1) is 15.4. The van der Waals surface area contributed by atoms with E-state index in [0.29, 0.717) is 6.54 Å². The lowest BCUT2D eigenvalue weighted by Gasteiger charge is -2.28. The molecule has 1 fully saturated rings. The number of carbonyl (C=O) groups is 1. The standard InChI is InChI=1S/C21H24N2O/c24-20(21(10-4-5-11-21)19-6-2-1-3-7-19)23-13-16-8-9-17-14-22-15-18(17)12-16/h1-3,6-9,12,22H,4-5,10-11,13-15H2,(H,23,24). The Morgan fingerprint density at radius 1 is 1.00 bits per heavy atom. The quantitative estimate of drug-likeness (QED) is 0.906. The molecule has 0 atom stereocenters. The molecule has 0 unspecified atom stereocenters. The van der Waals surface area contributed by atoms with E-state index in [2.05, 4.69) is 41.0 Å². The van der Waals surface area contributed by atoms with Crippen LogP contribution in [0.5, 0.6) is 0 Å². The van der Waals surface area contributed by atoms with Crippen molar-refractivity contribution >= 4 is 5.91 Å². The highest BCUT2D eigenvalue weighted by atomic mass is 16.2. The smallest absolute Gasteiger partial charge is 0.230 e. The van der Waals surface area contributed by atoms with E-state index >= 15 is 0 Å². The van der Waals surface area contributed by atoms with Gasteiger partial charge < -0.3 is 10.6 Å². The molecule has 124 valence electrons. The predicted octanol–water partition coefficient (Wildman–Crippen LogP) is 3.42. The van der Waals surface area contributed by atoms with Crippen molar-refractivity contribution in [1.29, 1.82) is 0 Å². The molecule has 2 aromatic carbocycles. The number of nitrogens with one attached hydrogen (secondary N) is 2. The molecule has 1 saturated carbocycles. The summed E-state index contributed by atoms with van der Waals surface area (Å²) in [5, 5.41) is 6.58. The Hall–Kier alpha value is -2.13. The van der Waals surface area contributed by atoms with E-state index in [0.717, 1.165) is 44.3 Å². The topological polar surface area (TPSA) is 41.1 Å². The van der Waals surface area contributed by atoms with E-state index in [1.54, 1.807) is 0 Å². The molecule has 2 N–H and O–H groups in total. The van der Waals surface area contributed by atoms with Gasteiger partial charge in [0, 0.05) is 19.6 Å². The second-order valence-electron chi connectivity index (χ2n) is 7.04. The van der Waals surface area contributed by atoms with Gasteiger partial charge in [0.2, 0.25) is 5.91 Å². The molecule has 0 radical (unpaired) electrons. The van der Waals surface area contributed by atoms with E-state index in [1.807, 2.05) is 18.2 Å². The van der Waals surface area contributed by atoms with Crippen molar-refractivity contribution in [2.75, 3.05) is 0 Å². The minimum atomic E-state index is -0.334. The highest BCUT2D eigenvalue weighted by Gasteiger charge is 2.42. The van der Waals surface area contributed by atoms with Crippen molar-refractivity contribution in [3.8, 4) is 0 Å². The Morgan fingerprint density at radius 2 is 1.75 bits per heavy atom. The summed E-state index contributed by atoms with van der Waals surface area (Å²) in [7, 11) is 0. The van der Waals surface area contributed by atoms with E-state index in [9.17, 15) is 4.79 Å². The summed E-state index contributed by atoms with van der Waals surface area (Å²) in [6.07, 6.45) is 4.17. The van der Waals surface area contributed by atoms with Crippen LogP contribution in [0.2, 0.25) is 0 Å². The Labute approximate surface area is 143 Å². The van der Waals surface area contributed by atoms with Crippen LogP contribution < -0.4 is 10.6 Å². The second-order valence-corrected chi connectivity index (χ2v) is 7.04. The molecule has 3 nitrogen and oxygen atoms in total. The molecule has 0 saturated heterocycles. The third-order valence-corrected chi connectivity index (χ3v) is 5.57. The molecule has 0 spiro atoms. The first-order valence-corrected chi connectivity index (χ1v) is 8.93. The summed E-state index contributed by atoms with van der Waals surface area (Å²) in [5.74, 6) is 0.185. The van der Waals surface area contributed by atoms with Crippen LogP contribution in [0.15, 0.2) is 48.5 Å². The normalized spacial score (nSPS) is 18.3. The summed E-state index contributed by atoms with van der Waals surface area (Å²) in [5.41, 5.74) is 4.76. The summed E-state index contributed by atoms with van der Waals surface area (Å²) in [4.78, 5) is 13.1. The fourth-order valence-corrected chi connectivity index (χ4v) is 4.19. The van der Waals surface area contributed by atoms with Gasteiger partial charge in [-0.05, 0) is 35.1 Å². The van der Waals surface area contributed by atoms with Gasteiger partial charge in [0.15, 0.2) is 0 Å². The van der Waals surface area contributed by atoms with Crippen molar-refractivity contribution in [1.82, 2.24) is 10.6 Å². The maximum Gasteiger partial charge on any atom is 0.230 e. The fraction of sp³-hybridized carbons (Fsp3) is 0.381. The van der Waals surface area contributed by atoms with Crippen molar-refractivity contribution in [2.45, 2.75) is 50.7 Å². The molecular formula is C21H24N2O. The Kier molecular flexibility index (Phi) is 4.11. The average molecular weight is 320 g/mol. The van der Waals surface area contributed by atoms with Crippen LogP contribution in [0.3, 0.4) is 0 Å². The van der Waals surface area contributed by atoms with E-state index < -0.39 is 0 Å². The van der Waals surface area contributed by atoms with Crippen LogP contribution in [0.1, 0.15) is 47.9 Å². The minimum Gasteiger partial charge on any atom is -0.351 e. The molecule has 2 aromatic rings. The molecular weight excluding hydrogens is 296 g/mol. The zero-order valence-electron chi connectivity index (χ0n) is 14.0. The van der Waals surface area contributed by atoms with E-state index in [1.165, 1.54) is 16.7 Å². The summed E-state index contributed by atoms with van der Waals surface area (Å²) in [6, 6.07) is 16.8. The lowest BCUT2D eigenvalue weighted by molar-refractivity contribution is -0.126. The number of rotatable bonds is 4. The van der Waals surface area contributed by atoms with Gasteiger partial charge in [-0.3, -0.25) is 4.79 Å². The minimum absolute atomic E-state index is 0.185. The van der Waals surface area contributed by atoms with Gasteiger partial charge >= 0.3 is 0 Å². The predicted molar refractivity (Wildman–Crippen MR) is 95.4 cm³/mol. The van der Waals surface area contributed by atoms with Crippen molar-refractivity contribution < 1.29 is 4.79 Å². The fourth-order valence-electron chi connectivity index (χ4n) is 4.19. The van der Waals surface area contributed by atoms with Gasteiger partial charge in [-0.2, -0.15) is 0 Å². The Morgan fingerprint density at radius 3 is 2.54 bits per heavy atom. The molecule has 0 bridgehead atoms. The van der Waals surface area contributed by atoms with Crippen LogP contribution in [-0.4, -0.2) is 5.91 Å². The molecule has 0 aromatic heterocycles. The zero-order chi connectivity index (χ0) is 16.4. The van der Waals surface area contributed by atoms with Crippen LogP contribution in [0, 0.1) is 0 Å². The van der Waals surface area contributed by atoms with Crippen molar-refractivity contribution in [3.05, 3.63) is 70.8 Å². The molecule has 24 heavy (non-hydrogen) atoms. The highest BCUT2D eigenvalue weighted by molar-refractivity contribution is 5.88. The maximum atomic E-state index is 13.1. The van der Waals surface area contributed by atoms with Crippen LogP contribution in [0.4, 0.5) is 0 Å². The number of benzene rings is 2. The SMILES string of the molecule is O=C(NCc1ccc2c(c1)CNC2)C1(c2ccccc2)CCCC1. The van der Waals surface area contributed by atoms with E-state index in [-0.39, 0.29) is 11.3 Å². The van der Waals surface area contributed by atoms with Gasteiger partial charge in [-0.15, -0.1) is 0 Å². The van der Waals surface area contributed by atoms with E-state index in [4.69, 9.17) is 0 Å². The number of hydrogen-bond acceptors (Lipinski definition) is 2. The molecule has 1 amide bonds. The molecule has 1 aliphatic carbocycles.